The molecule has 8 aromatic carbocycles. The summed E-state index contributed by atoms with van der Waals surface area (Å²) in [6, 6.07) is 71.3. The molecule has 0 N–H and O–H groups in total. The quantitative estimate of drug-likeness (QED) is 0.115. The summed E-state index contributed by atoms with van der Waals surface area (Å²) >= 11 is 0. The summed E-state index contributed by atoms with van der Waals surface area (Å²) in [6.45, 7) is 8.15. The number of rotatable bonds is 12. The molecule has 66 heavy (non-hydrogen) atoms. The van der Waals surface area contributed by atoms with Gasteiger partial charge in [-0.05, 0) is 127 Å². The van der Waals surface area contributed by atoms with Crippen molar-refractivity contribution >= 4 is 11.1 Å². The SMILES string of the molecule is C=CC=C(C=C)c1cccc(-c2cc(-c3cccc(-c4nc(C5=CCCC=C5)nc(-c5ccccc5)n4)c3)cc(-c3cccc(-c4ccccc4)c3)c2-c2cccc(-c3ccccc3)c2)c1. The van der Waals surface area contributed by atoms with Crippen LogP contribution in [0.3, 0.4) is 0 Å². The third kappa shape index (κ3) is 8.84. The molecule has 1 aromatic heterocycles. The summed E-state index contributed by atoms with van der Waals surface area (Å²) in [5.41, 5.74) is 18.4. The molecule has 0 amide bonds. The monoisotopic (exact) mass is 845 g/mol. The molecule has 3 nitrogen and oxygen atoms in total. The number of hydrogen-bond acceptors (Lipinski definition) is 3. The summed E-state index contributed by atoms with van der Waals surface area (Å²) in [5.74, 6) is 1.95. The predicted molar refractivity (Wildman–Crippen MR) is 278 cm³/mol. The van der Waals surface area contributed by atoms with Gasteiger partial charge >= 0.3 is 0 Å². The van der Waals surface area contributed by atoms with Gasteiger partial charge in [-0.25, -0.2) is 15.0 Å². The molecule has 0 aliphatic heterocycles. The Labute approximate surface area is 387 Å². The van der Waals surface area contributed by atoms with E-state index in [0.29, 0.717) is 17.5 Å². The Hall–Kier alpha value is -8.53. The van der Waals surface area contributed by atoms with E-state index < -0.39 is 0 Å². The minimum Gasteiger partial charge on any atom is -0.208 e. The van der Waals surface area contributed by atoms with Crippen molar-refractivity contribution in [1.82, 2.24) is 15.0 Å². The van der Waals surface area contributed by atoms with E-state index in [2.05, 4.69) is 213 Å². The van der Waals surface area contributed by atoms with Crippen LogP contribution < -0.4 is 0 Å². The first kappa shape index (κ1) is 41.5. The zero-order chi connectivity index (χ0) is 44.7. The van der Waals surface area contributed by atoms with E-state index in [-0.39, 0.29) is 0 Å². The molecule has 314 valence electrons. The molecule has 0 bridgehead atoms. The predicted octanol–water partition coefficient (Wildman–Crippen LogP) is 16.7. The molecule has 1 aliphatic carbocycles. The lowest BCUT2D eigenvalue weighted by atomic mass is 9.83. The van der Waals surface area contributed by atoms with Crippen molar-refractivity contribution < 1.29 is 0 Å². The van der Waals surface area contributed by atoms with Crippen LogP contribution in [-0.2, 0) is 0 Å². The van der Waals surface area contributed by atoms with Gasteiger partial charge in [0, 0.05) is 16.7 Å². The van der Waals surface area contributed by atoms with Gasteiger partial charge in [-0.2, -0.15) is 0 Å². The third-order valence-electron chi connectivity index (χ3n) is 12.1. The highest BCUT2D eigenvalue weighted by atomic mass is 15.0. The lowest BCUT2D eigenvalue weighted by Gasteiger charge is -2.21. The first-order valence-corrected chi connectivity index (χ1v) is 22.5. The average molecular weight is 846 g/mol. The minimum atomic E-state index is 0.629. The van der Waals surface area contributed by atoms with Crippen molar-refractivity contribution in [1.29, 1.82) is 0 Å². The van der Waals surface area contributed by atoms with Gasteiger partial charge in [0.25, 0.3) is 0 Å². The lowest BCUT2D eigenvalue weighted by molar-refractivity contribution is 1.01. The highest BCUT2D eigenvalue weighted by molar-refractivity contribution is 5.99. The van der Waals surface area contributed by atoms with E-state index in [1.54, 1.807) is 0 Å². The smallest absolute Gasteiger partial charge is 0.164 e. The average Bonchev–Trinajstić information content (AvgIpc) is 3.41. The second-order valence-corrected chi connectivity index (χ2v) is 16.4. The van der Waals surface area contributed by atoms with Gasteiger partial charge in [-0.3, -0.25) is 0 Å². The summed E-state index contributed by atoms with van der Waals surface area (Å²) in [4.78, 5) is 15.2. The van der Waals surface area contributed by atoms with Crippen molar-refractivity contribution in [3.63, 3.8) is 0 Å². The number of nitrogens with zero attached hydrogens (tertiary/aromatic N) is 3. The number of benzene rings is 8. The Morgan fingerprint density at radius 1 is 0.394 bits per heavy atom. The molecule has 0 atom stereocenters. The van der Waals surface area contributed by atoms with Crippen LogP contribution in [0.15, 0.2) is 250 Å². The summed E-state index contributed by atoms with van der Waals surface area (Å²) in [5, 5.41) is 0. The van der Waals surface area contributed by atoms with Crippen LogP contribution >= 0.6 is 0 Å². The van der Waals surface area contributed by atoms with Crippen molar-refractivity contribution in [2.45, 2.75) is 12.8 Å². The Balaban J connectivity index is 1.22. The van der Waals surface area contributed by atoms with Crippen molar-refractivity contribution in [3.05, 3.63) is 261 Å². The van der Waals surface area contributed by atoms with Crippen LogP contribution in [0.4, 0.5) is 0 Å². The van der Waals surface area contributed by atoms with E-state index >= 15 is 0 Å². The molecule has 0 spiro atoms. The zero-order valence-electron chi connectivity index (χ0n) is 36.7. The van der Waals surface area contributed by atoms with Crippen LogP contribution in [0, 0.1) is 0 Å². The van der Waals surface area contributed by atoms with Gasteiger partial charge in [-0.1, -0.05) is 213 Å². The molecule has 1 heterocycles. The largest absolute Gasteiger partial charge is 0.208 e. The molecule has 10 rings (SSSR count). The van der Waals surface area contributed by atoms with Crippen molar-refractivity contribution in [2.75, 3.05) is 0 Å². The maximum Gasteiger partial charge on any atom is 0.164 e. The maximum atomic E-state index is 5.13. The molecule has 0 unspecified atom stereocenters. The molecule has 9 aromatic rings. The van der Waals surface area contributed by atoms with Gasteiger partial charge in [-0.15, -0.1) is 0 Å². The molecule has 1 aliphatic rings. The Bertz CT molecular complexity index is 3320. The molecular weight excluding hydrogens is 799 g/mol. The van der Waals surface area contributed by atoms with E-state index in [4.69, 9.17) is 15.0 Å². The van der Waals surface area contributed by atoms with E-state index in [1.165, 1.54) is 11.1 Å². The van der Waals surface area contributed by atoms with Crippen molar-refractivity contribution in [2.24, 2.45) is 0 Å². The summed E-state index contributed by atoms with van der Waals surface area (Å²) in [6.07, 6.45) is 14.2. The fraction of sp³-hybridized carbons (Fsp3) is 0.0317. The fourth-order valence-corrected chi connectivity index (χ4v) is 8.80. The topological polar surface area (TPSA) is 38.7 Å². The second kappa shape index (κ2) is 19.1. The molecule has 0 fully saturated rings. The molecular formula is C63H47N3. The zero-order valence-corrected chi connectivity index (χ0v) is 36.7. The van der Waals surface area contributed by atoms with Gasteiger partial charge in [0.05, 0.1) is 0 Å². The van der Waals surface area contributed by atoms with E-state index in [0.717, 1.165) is 96.3 Å². The van der Waals surface area contributed by atoms with Crippen LogP contribution in [-0.4, -0.2) is 15.0 Å². The first-order valence-electron chi connectivity index (χ1n) is 22.5. The van der Waals surface area contributed by atoms with Crippen LogP contribution in [0.5, 0.6) is 0 Å². The molecule has 0 saturated carbocycles. The standard InChI is InChI=1S/C63H47N3/c1-3-21-44(4-2)49-30-17-34-53(38-49)58-42-57(52-33-20-37-56(41-52)63-65-61(47-26-13-7-14-27-47)64-62(66-63)48-28-15-8-16-29-48)43-59(54-35-18-31-50(39-54)45-22-9-5-10-23-45)60(58)55-36-19-32-51(40-55)46-24-11-6-12-25-46/h3-7,9-15,17-43H,1-2,8,16H2. The highest BCUT2D eigenvalue weighted by Gasteiger charge is 2.20. The van der Waals surface area contributed by atoms with Gasteiger partial charge in [0.2, 0.25) is 0 Å². The second-order valence-electron chi connectivity index (χ2n) is 16.4. The normalized spacial score (nSPS) is 12.4. The first-order chi connectivity index (χ1) is 32.6. The minimum absolute atomic E-state index is 0.629. The highest BCUT2D eigenvalue weighted by Crippen LogP contribution is 2.45. The summed E-state index contributed by atoms with van der Waals surface area (Å²) < 4.78 is 0. The molecule has 0 saturated heterocycles. The lowest BCUT2D eigenvalue weighted by Crippen LogP contribution is -2.03. The van der Waals surface area contributed by atoms with Crippen LogP contribution in [0.25, 0.3) is 101 Å². The molecule has 3 heteroatoms. The Kier molecular flexibility index (Phi) is 12.0. The Morgan fingerprint density at radius 3 is 1.45 bits per heavy atom. The van der Waals surface area contributed by atoms with Crippen LogP contribution in [0.1, 0.15) is 24.2 Å². The van der Waals surface area contributed by atoms with Crippen molar-refractivity contribution in [3.8, 4) is 89.5 Å². The molecule has 0 radical (unpaired) electrons. The van der Waals surface area contributed by atoms with E-state index in [1.807, 2.05) is 36.4 Å². The fourth-order valence-electron chi connectivity index (χ4n) is 8.80. The van der Waals surface area contributed by atoms with E-state index in [9.17, 15) is 0 Å². The van der Waals surface area contributed by atoms with Gasteiger partial charge in [0.15, 0.2) is 17.5 Å². The maximum absolute atomic E-state index is 5.13. The number of allylic oxidation sites excluding steroid dienone is 8. The Morgan fingerprint density at radius 2 is 0.864 bits per heavy atom. The van der Waals surface area contributed by atoms with Gasteiger partial charge < -0.3 is 0 Å². The van der Waals surface area contributed by atoms with Gasteiger partial charge in [0.1, 0.15) is 0 Å². The van der Waals surface area contributed by atoms with Crippen LogP contribution in [0.2, 0.25) is 0 Å². The summed E-state index contributed by atoms with van der Waals surface area (Å²) in [7, 11) is 0. The third-order valence-corrected chi connectivity index (χ3v) is 12.1. The number of aromatic nitrogens is 3. The number of hydrogen-bond donors (Lipinski definition) is 0.